The first-order valence-electron chi connectivity index (χ1n) is 16.2. The first-order valence-corrected chi connectivity index (χ1v) is 17.0. The molecule has 2 heterocycles. The smallest absolute Gasteiger partial charge is 0.227 e. The van der Waals surface area contributed by atoms with Crippen molar-refractivity contribution in [3.63, 3.8) is 0 Å². The molecular formula is C44H29N3OS. The molecule has 0 aliphatic carbocycles. The van der Waals surface area contributed by atoms with Crippen molar-refractivity contribution >= 4 is 49.7 Å². The van der Waals surface area contributed by atoms with Gasteiger partial charge in [-0.15, -0.1) is 11.3 Å². The highest BCUT2D eigenvalue weighted by Gasteiger charge is 2.14. The van der Waals surface area contributed by atoms with E-state index in [1.54, 1.807) is 11.3 Å². The predicted molar refractivity (Wildman–Crippen MR) is 204 cm³/mol. The van der Waals surface area contributed by atoms with Gasteiger partial charge in [-0.25, -0.2) is 9.97 Å². The molecule has 9 rings (SSSR count). The molecule has 0 spiro atoms. The number of fused-ring (bicyclic) bond motifs is 2. The number of thiazole rings is 1. The summed E-state index contributed by atoms with van der Waals surface area (Å²) in [6, 6.07) is 61.3. The molecule has 7 aromatic carbocycles. The maximum atomic E-state index is 5.97. The van der Waals surface area contributed by atoms with Gasteiger partial charge in [0.1, 0.15) is 10.5 Å². The minimum absolute atomic E-state index is 0.633. The molecule has 0 radical (unpaired) electrons. The van der Waals surface area contributed by atoms with Crippen LogP contribution in [0.1, 0.15) is 0 Å². The molecule has 9 aromatic rings. The first-order chi connectivity index (χ1) is 24.2. The fraction of sp³-hybridized carbons (Fsp3) is 0. The summed E-state index contributed by atoms with van der Waals surface area (Å²) in [5.74, 6) is 0.633. The first kappa shape index (κ1) is 28.9. The number of hydrogen-bond acceptors (Lipinski definition) is 5. The Labute approximate surface area is 288 Å². The van der Waals surface area contributed by atoms with Crippen LogP contribution in [0, 0.1) is 0 Å². The van der Waals surface area contributed by atoms with Gasteiger partial charge in [0.25, 0.3) is 0 Å². The van der Waals surface area contributed by atoms with E-state index in [0.29, 0.717) is 5.89 Å². The van der Waals surface area contributed by atoms with Gasteiger partial charge in [-0.3, -0.25) is 0 Å². The van der Waals surface area contributed by atoms with Gasteiger partial charge in [0.15, 0.2) is 5.58 Å². The highest BCUT2D eigenvalue weighted by molar-refractivity contribution is 7.21. The Hall–Kier alpha value is -6.30. The van der Waals surface area contributed by atoms with Crippen LogP contribution < -0.4 is 4.90 Å². The standard InChI is InChI=1S/C44H29N3OS/c1-2-8-36(9-3-1)47(37-26-22-32(23-27-37)30-14-18-34(19-15-30)43-45-39-10-4-6-12-41(39)48-43)38-28-24-33(25-29-38)31-16-20-35(21-17-31)44-46-40-11-5-7-13-42(40)49-44/h1-29H. The monoisotopic (exact) mass is 647 g/mol. The fourth-order valence-corrected chi connectivity index (χ4v) is 7.20. The summed E-state index contributed by atoms with van der Waals surface area (Å²) in [6.07, 6.45) is 0. The predicted octanol–water partition coefficient (Wildman–Crippen LogP) is 12.6. The van der Waals surface area contributed by atoms with Crippen LogP contribution in [-0.2, 0) is 0 Å². The second-order valence-corrected chi connectivity index (χ2v) is 12.9. The summed E-state index contributed by atoms with van der Waals surface area (Å²) in [5, 5.41) is 1.05. The van der Waals surface area contributed by atoms with Crippen LogP contribution in [0.2, 0.25) is 0 Å². The molecule has 0 saturated carbocycles. The van der Waals surface area contributed by atoms with Crippen LogP contribution >= 0.6 is 11.3 Å². The molecule has 0 amide bonds. The zero-order valence-corrected chi connectivity index (χ0v) is 27.2. The molecule has 232 valence electrons. The lowest BCUT2D eigenvalue weighted by atomic mass is 10.0. The second kappa shape index (κ2) is 12.4. The quantitative estimate of drug-likeness (QED) is 0.173. The van der Waals surface area contributed by atoms with E-state index in [1.165, 1.54) is 15.8 Å². The molecule has 0 unspecified atom stereocenters. The zero-order valence-electron chi connectivity index (χ0n) is 26.4. The molecule has 2 aromatic heterocycles. The van der Waals surface area contributed by atoms with Crippen molar-refractivity contribution in [3.8, 4) is 44.3 Å². The molecule has 0 N–H and O–H groups in total. The summed E-state index contributed by atoms with van der Waals surface area (Å²) >= 11 is 1.73. The number of aromatic nitrogens is 2. The topological polar surface area (TPSA) is 42.2 Å². The fourth-order valence-electron chi connectivity index (χ4n) is 6.23. The van der Waals surface area contributed by atoms with Crippen molar-refractivity contribution in [2.24, 2.45) is 0 Å². The van der Waals surface area contributed by atoms with Gasteiger partial charge in [-0.05, 0) is 95.1 Å². The number of hydrogen-bond donors (Lipinski definition) is 0. The number of para-hydroxylation sites is 4. The molecule has 0 saturated heterocycles. The lowest BCUT2D eigenvalue weighted by Crippen LogP contribution is -2.09. The van der Waals surface area contributed by atoms with E-state index < -0.39 is 0 Å². The molecular weight excluding hydrogens is 619 g/mol. The van der Waals surface area contributed by atoms with Crippen LogP contribution in [0.25, 0.3) is 65.6 Å². The third-order valence-electron chi connectivity index (χ3n) is 8.78. The van der Waals surface area contributed by atoms with E-state index in [0.717, 1.165) is 60.9 Å². The minimum atomic E-state index is 0.633. The van der Waals surface area contributed by atoms with Crippen LogP contribution in [-0.4, -0.2) is 9.97 Å². The molecule has 0 fully saturated rings. The Morgan fingerprint density at radius 1 is 0.388 bits per heavy atom. The summed E-state index contributed by atoms with van der Waals surface area (Å²) < 4.78 is 7.18. The molecule has 0 aliphatic heterocycles. The third-order valence-corrected chi connectivity index (χ3v) is 9.87. The van der Waals surface area contributed by atoms with Crippen molar-refractivity contribution in [3.05, 3.63) is 176 Å². The van der Waals surface area contributed by atoms with E-state index in [-0.39, 0.29) is 0 Å². The van der Waals surface area contributed by atoms with E-state index in [4.69, 9.17) is 9.40 Å². The Kier molecular flexibility index (Phi) is 7.30. The largest absolute Gasteiger partial charge is 0.436 e. The van der Waals surface area contributed by atoms with Gasteiger partial charge in [0.2, 0.25) is 5.89 Å². The minimum Gasteiger partial charge on any atom is -0.436 e. The summed E-state index contributed by atoms with van der Waals surface area (Å²) in [4.78, 5) is 11.8. The van der Waals surface area contributed by atoms with Crippen molar-refractivity contribution in [1.29, 1.82) is 0 Å². The van der Waals surface area contributed by atoms with E-state index in [2.05, 4.69) is 155 Å². The third kappa shape index (κ3) is 5.67. The van der Waals surface area contributed by atoms with Crippen LogP contribution in [0.4, 0.5) is 17.1 Å². The SMILES string of the molecule is c1ccc(N(c2ccc(-c3ccc(-c4nc5ccccc5o4)cc3)cc2)c2ccc(-c3ccc(-c4nc5ccccc5s4)cc3)cc2)cc1. The summed E-state index contributed by atoms with van der Waals surface area (Å²) in [7, 11) is 0. The Morgan fingerprint density at radius 3 is 1.45 bits per heavy atom. The van der Waals surface area contributed by atoms with Crippen molar-refractivity contribution in [2.45, 2.75) is 0 Å². The number of oxazole rings is 1. The molecule has 4 nitrogen and oxygen atoms in total. The Morgan fingerprint density at radius 2 is 0.857 bits per heavy atom. The summed E-state index contributed by atoms with van der Waals surface area (Å²) in [5.41, 5.74) is 12.7. The van der Waals surface area contributed by atoms with E-state index in [1.807, 2.05) is 30.3 Å². The zero-order chi connectivity index (χ0) is 32.6. The van der Waals surface area contributed by atoms with Gasteiger partial charge in [0.05, 0.1) is 10.2 Å². The highest BCUT2D eigenvalue weighted by Crippen LogP contribution is 2.37. The number of nitrogens with zero attached hydrogens (tertiary/aromatic N) is 3. The van der Waals surface area contributed by atoms with Crippen molar-refractivity contribution < 1.29 is 4.42 Å². The molecule has 0 aliphatic rings. The average Bonchev–Trinajstić information content (AvgIpc) is 3.81. The maximum absolute atomic E-state index is 5.97. The van der Waals surface area contributed by atoms with Gasteiger partial charge in [-0.2, -0.15) is 0 Å². The molecule has 0 atom stereocenters. The van der Waals surface area contributed by atoms with E-state index >= 15 is 0 Å². The summed E-state index contributed by atoms with van der Waals surface area (Å²) in [6.45, 7) is 0. The highest BCUT2D eigenvalue weighted by atomic mass is 32.1. The van der Waals surface area contributed by atoms with Crippen molar-refractivity contribution in [2.75, 3.05) is 4.90 Å². The van der Waals surface area contributed by atoms with Crippen molar-refractivity contribution in [1.82, 2.24) is 9.97 Å². The number of anilines is 3. The van der Waals surface area contributed by atoms with Gasteiger partial charge >= 0.3 is 0 Å². The Balaban J connectivity index is 0.968. The van der Waals surface area contributed by atoms with Crippen LogP contribution in [0.5, 0.6) is 0 Å². The number of benzene rings is 7. The Bertz CT molecular complexity index is 2290. The average molecular weight is 648 g/mol. The number of rotatable bonds is 7. The lowest BCUT2D eigenvalue weighted by Gasteiger charge is -2.26. The second-order valence-electron chi connectivity index (χ2n) is 11.9. The lowest BCUT2D eigenvalue weighted by molar-refractivity contribution is 0.620. The van der Waals surface area contributed by atoms with Gasteiger partial charge in [0, 0.05) is 28.2 Å². The van der Waals surface area contributed by atoms with Gasteiger partial charge in [-0.1, -0.05) is 103 Å². The van der Waals surface area contributed by atoms with Crippen LogP contribution in [0.3, 0.4) is 0 Å². The molecule has 0 bridgehead atoms. The normalized spacial score (nSPS) is 11.3. The van der Waals surface area contributed by atoms with Crippen LogP contribution in [0.15, 0.2) is 180 Å². The van der Waals surface area contributed by atoms with E-state index in [9.17, 15) is 0 Å². The molecule has 49 heavy (non-hydrogen) atoms. The maximum Gasteiger partial charge on any atom is 0.227 e. The molecule has 5 heteroatoms. The van der Waals surface area contributed by atoms with Gasteiger partial charge < -0.3 is 9.32 Å².